The average Bonchev–Trinajstić information content (AvgIpc) is 2.61. The molecule has 0 saturated heterocycles. The van der Waals surface area contributed by atoms with Crippen molar-refractivity contribution in [3.63, 3.8) is 0 Å². The van der Waals surface area contributed by atoms with Crippen molar-refractivity contribution >= 4 is 29.1 Å². The first kappa shape index (κ1) is 19.1. The van der Waals surface area contributed by atoms with Gasteiger partial charge in [-0.15, -0.1) is 0 Å². The van der Waals surface area contributed by atoms with Crippen LogP contribution in [0.15, 0.2) is 42.6 Å². The standard InChI is InChI=1S/C19H22N4O3/c1-4-12(2)21-19(26)17-10-14(8-9-20-17)18(25)23-16-7-5-6-15(11-16)22-13(3)24/h5-12H,4H2,1-3H3,(H,21,26)(H,22,24)(H,23,25). The van der Waals surface area contributed by atoms with E-state index in [1.807, 2.05) is 13.8 Å². The van der Waals surface area contributed by atoms with E-state index in [1.165, 1.54) is 25.3 Å². The summed E-state index contributed by atoms with van der Waals surface area (Å²) in [5.41, 5.74) is 1.62. The molecular weight excluding hydrogens is 332 g/mol. The topological polar surface area (TPSA) is 100 Å². The van der Waals surface area contributed by atoms with E-state index in [1.54, 1.807) is 24.3 Å². The minimum atomic E-state index is -0.370. The molecule has 0 aliphatic rings. The Bertz CT molecular complexity index is 820. The van der Waals surface area contributed by atoms with Gasteiger partial charge < -0.3 is 16.0 Å². The lowest BCUT2D eigenvalue weighted by molar-refractivity contribution is -0.114. The summed E-state index contributed by atoms with van der Waals surface area (Å²) >= 11 is 0. The summed E-state index contributed by atoms with van der Waals surface area (Å²) in [7, 11) is 0. The van der Waals surface area contributed by atoms with Crippen LogP contribution in [0.4, 0.5) is 11.4 Å². The minimum absolute atomic E-state index is 0.0262. The molecule has 136 valence electrons. The van der Waals surface area contributed by atoms with Crippen LogP contribution in [0.3, 0.4) is 0 Å². The van der Waals surface area contributed by atoms with Crippen LogP contribution >= 0.6 is 0 Å². The molecule has 0 saturated carbocycles. The van der Waals surface area contributed by atoms with Crippen molar-refractivity contribution in [2.24, 2.45) is 0 Å². The molecule has 26 heavy (non-hydrogen) atoms. The fraction of sp³-hybridized carbons (Fsp3) is 0.263. The molecule has 0 spiro atoms. The van der Waals surface area contributed by atoms with E-state index in [4.69, 9.17) is 0 Å². The van der Waals surface area contributed by atoms with Gasteiger partial charge in [-0.2, -0.15) is 0 Å². The zero-order chi connectivity index (χ0) is 19.1. The van der Waals surface area contributed by atoms with Crippen molar-refractivity contribution < 1.29 is 14.4 Å². The number of hydrogen-bond donors (Lipinski definition) is 3. The fourth-order valence-corrected chi connectivity index (χ4v) is 2.18. The number of amides is 3. The van der Waals surface area contributed by atoms with Crippen LogP contribution in [0.25, 0.3) is 0 Å². The van der Waals surface area contributed by atoms with Crippen LogP contribution in [0.1, 0.15) is 48.0 Å². The zero-order valence-corrected chi connectivity index (χ0v) is 15.0. The second-order valence-corrected chi connectivity index (χ2v) is 5.93. The summed E-state index contributed by atoms with van der Waals surface area (Å²) in [5, 5.41) is 8.21. The van der Waals surface area contributed by atoms with Crippen molar-refractivity contribution in [2.45, 2.75) is 33.2 Å². The van der Waals surface area contributed by atoms with Crippen LogP contribution in [-0.4, -0.2) is 28.7 Å². The maximum absolute atomic E-state index is 12.4. The Kier molecular flexibility index (Phi) is 6.43. The van der Waals surface area contributed by atoms with Crippen LogP contribution < -0.4 is 16.0 Å². The molecule has 7 heteroatoms. The second kappa shape index (κ2) is 8.75. The van der Waals surface area contributed by atoms with Crippen LogP contribution in [0.2, 0.25) is 0 Å². The van der Waals surface area contributed by atoms with Crippen LogP contribution in [0, 0.1) is 0 Å². The van der Waals surface area contributed by atoms with E-state index >= 15 is 0 Å². The Morgan fingerprint density at radius 1 is 1.04 bits per heavy atom. The highest BCUT2D eigenvalue weighted by molar-refractivity contribution is 6.06. The largest absolute Gasteiger partial charge is 0.348 e. The lowest BCUT2D eigenvalue weighted by Crippen LogP contribution is -2.32. The number of hydrogen-bond acceptors (Lipinski definition) is 4. The monoisotopic (exact) mass is 354 g/mol. The van der Waals surface area contributed by atoms with Gasteiger partial charge in [0.25, 0.3) is 11.8 Å². The summed E-state index contributed by atoms with van der Waals surface area (Å²) in [5.74, 6) is -0.883. The first-order valence-electron chi connectivity index (χ1n) is 8.35. The average molecular weight is 354 g/mol. The van der Waals surface area contributed by atoms with Gasteiger partial charge in [-0.05, 0) is 43.7 Å². The molecule has 1 heterocycles. The van der Waals surface area contributed by atoms with Crippen molar-refractivity contribution in [1.29, 1.82) is 0 Å². The summed E-state index contributed by atoms with van der Waals surface area (Å²) in [6.45, 7) is 5.28. The zero-order valence-electron chi connectivity index (χ0n) is 15.0. The molecule has 3 N–H and O–H groups in total. The van der Waals surface area contributed by atoms with Gasteiger partial charge in [0.05, 0.1) is 0 Å². The smallest absolute Gasteiger partial charge is 0.270 e. The first-order valence-corrected chi connectivity index (χ1v) is 8.35. The molecule has 3 amide bonds. The molecule has 1 unspecified atom stereocenters. The first-order chi connectivity index (χ1) is 12.4. The Morgan fingerprint density at radius 3 is 2.38 bits per heavy atom. The number of carbonyl (C=O) groups is 3. The fourth-order valence-electron chi connectivity index (χ4n) is 2.18. The Hall–Kier alpha value is -3.22. The Balaban J connectivity index is 2.11. The summed E-state index contributed by atoms with van der Waals surface area (Å²) in [6, 6.07) is 9.81. The Labute approximate surface area is 152 Å². The van der Waals surface area contributed by atoms with Gasteiger partial charge in [0, 0.05) is 36.1 Å². The third-order valence-corrected chi connectivity index (χ3v) is 3.69. The number of pyridine rings is 1. The van der Waals surface area contributed by atoms with Crippen molar-refractivity contribution in [2.75, 3.05) is 10.6 Å². The molecule has 2 aromatic rings. The molecule has 2 rings (SSSR count). The molecule has 1 aromatic carbocycles. The molecule has 0 aliphatic carbocycles. The SMILES string of the molecule is CCC(C)NC(=O)c1cc(C(=O)Nc2cccc(NC(C)=O)c2)ccn1. The highest BCUT2D eigenvalue weighted by atomic mass is 16.2. The summed E-state index contributed by atoms with van der Waals surface area (Å²) < 4.78 is 0. The predicted molar refractivity (Wildman–Crippen MR) is 100 cm³/mol. The highest BCUT2D eigenvalue weighted by Gasteiger charge is 2.13. The third-order valence-electron chi connectivity index (χ3n) is 3.69. The number of aromatic nitrogens is 1. The highest BCUT2D eigenvalue weighted by Crippen LogP contribution is 2.16. The normalized spacial score (nSPS) is 11.3. The number of benzene rings is 1. The lowest BCUT2D eigenvalue weighted by atomic mass is 10.2. The molecule has 0 radical (unpaired) electrons. The van der Waals surface area contributed by atoms with Crippen molar-refractivity contribution in [3.05, 3.63) is 53.9 Å². The van der Waals surface area contributed by atoms with Crippen LogP contribution in [0.5, 0.6) is 0 Å². The van der Waals surface area contributed by atoms with E-state index in [-0.39, 0.29) is 29.5 Å². The molecule has 7 nitrogen and oxygen atoms in total. The van der Waals surface area contributed by atoms with Gasteiger partial charge in [0.15, 0.2) is 0 Å². The summed E-state index contributed by atoms with van der Waals surface area (Å²) in [4.78, 5) is 39.7. The van der Waals surface area contributed by atoms with Crippen LogP contribution in [-0.2, 0) is 4.79 Å². The van der Waals surface area contributed by atoms with E-state index in [2.05, 4.69) is 20.9 Å². The number of rotatable bonds is 6. The van der Waals surface area contributed by atoms with E-state index in [0.29, 0.717) is 16.9 Å². The predicted octanol–water partition coefficient (Wildman–Crippen LogP) is 2.82. The van der Waals surface area contributed by atoms with Gasteiger partial charge >= 0.3 is 0 Å². The van der Waals surface area contributed by atoms with Gasteiger partial charge in [0.1, 0.15) is 5.69 Å². The number of carbonyl (C=O) groups excluding carboxylic acids is 3. The number of nitrogens with zero attached hydrogens (tertiary/aromatic N) is 1. The number of nitrogens with one attached hydrogen (secondary N) is 3. The lowest BCUT2D eigenvalue weighted by Gasteiger charge is -2.11. The minimum Gasteiger partial charge on any atom is -0.348 e. The van der Waals surface area contributed by atoms with Crippen molar-refractivity contribution in [1.82, 2.24) is 10.3 Å². The maximum Gasteiger partial charge on any atom is 0.270 e. The second-order valence-electron chi connectivity index (χ2n) is 5.93. The third kappa shape index (κ3) is 5.41. The molecule has 1 atom stereocenters. The summed E-state index contributed by atoms with van der Waals surface area (Å²) in [6.07, 6.45) is 2.23. The molecule has 0 aliphatic heterocycles. The van der Waals surface area contributed by atoms with E-state index in [9.17, 15) is 14.4 Å². The van der Waals surface area contributed by atoms with E-state index < -0.39 is 0 Å². The van der Waals surface area contributed by atoms with Gasteiger partial charge in [-0.25, -0.2) is 0 Å². The molecule has 1 aromatic heterocycles. The molecule has 0 fully saturated rings. The molecule has 0 bridgehead atoms. The van der Waals surface area contributed by atoms with Crippen molar-refractivity contribution in [3.8, 4) is 0 Å². The maximum atomic E-state index is 12.4. The van der Waals surface area contributed by atoms with Gasteiger partial charge in [-0.3, -0.25) is 19.4 Å². The molecular formula is C19H22N4O3. The quantitative estimate of drug-likeness (QED) is 0.742. The van der Waals surface area contributed by atoms with E-state index in [0.717, 1.165) is 6.42 Å². The van der Waals surface area contributed by atoms with Gasteiger partial charge in [0.2, 0.25) is 5.91 Å². The van der Waals surface area contributed by atoms with Gasteiger partial charge in [-0.1, -0.05) is 13.0 Å². The number of anilines is 2. The Morgan fingerprint density at radius 2 is 1.73 bits per heavy atom.